The standard InChI is InChI=1S/C51H65FN8O8S/c1-7-50(6,62)19-10-11-22-53-47-43(60(63)64)26-35(28-54-47)69(65,66)57-48(61)39-18-17-34(25-44(39)68-45-27-40-41(52)29-55-46(40)56-49(45)67-33(4)5)58-23-20-51(21-24-58)30-59(31-51)42-16-12-15-38(42)37-14-9-8-13-36(37)32(2)3/h8-9,13-14,17-18,25-29,32-33,38,42,62H,7,10-12,15-16,19-24,30-31H2,1-6H3,(H,53,54)(H,55,56)(H,57,61)/t38-,42-,50-/m1/s1. The molecule has 3 atom stereocenters. The molecule has 2 aromatic carbocycles. The van der Waals surface area contributed by atoms with E-state index >= 15 is 0 Å². The summed E-state index contributed by atoms with van der Waals surface area (Å²) in [7, 11) is -4.73. The second-order valence-electron chi connectivity index (χ2n) is 20.0. The Bertz CT molecular complexity index is 2780. The van der Waals surface area contributed by atoms with Crippen LogP contribution in [0.15, 0.2) is 71.9 Å². The van der Waals surface area contributed by atoms with Crippen molar-refractivity contribution in [1.29, 1.82) is 0 Å². The van der Waals surface area contributed by atoms with E-state index in [2.05, 4.69) is 72.9 Å². The Balaban J connectivity index is 1.01. The maximum atomic E-state index is 15.0. The SMILES string of the molecule is CC[C@@](C)(O)CCCCNc1ncc(S(=O)(=O)NC(=O)c2ccc(N3CCC4(CC3)CN([C@@H]3CCC[C@@H]3c3ccccc3C(C)C)C4)cc2Oc2cc3c(F)c[nH]c3nc2OC(C)C)cc1[N+](=O)[O-]. The molecule has 0 bridgehead atoms. The van der Waals surface area contributed by atoms with Crippen LogP contribution in [0, 0.1) is 21.3 Å². The number of aromatic amines is 1. The van der Waals surface area contributed by atoms with Gasteiger partial charge >= 0.3 is 5.69 Å². The van der Waals surface area contributed by atoms with E-state index in [4.69, 9.17) is 9.47 Å². The molecule has 4 N–H and O–H groups in total. The second-order valence-corrected chi connectivity index (χ2v) is 21.7. The molecule has 2 aliphatic heterocycles. The lowest BCUT2D eigenvalue weighted by atomic mass is 9.70. The third kappa shape index (κ3) is 11.0. The fourth-order valence-corrected chi connectivity index (χ4v) is 11.2. The van der Waals surface area contributed by atoms with Gasteiger partial charge in [-0.05, 0) is 113 Å². The van der Waals surface area contributed by atoms with Crippen molar-refractivity contribution in [2.24, 2.45) is 5.41 Å². The van der Waals surface area contributed by atoms with Crippen molar-refractivity contribution in [1.82, 2.24) is 24.6 Å². The molecular weight excluding hydrogens is 904 g/mol. The normalized spacial score (nSPS) is 19.2. The molecule has 0 radical (unpaired) electrons. The van der Waals surface area contributed by atoms with Crippen LogP contribution < -0.4 is 24.4 Å². The van der Waals surface area contributed by atoms with Crippen molar-refractivity contribution in [3.63, 3.8) is 0 Å². The van der Waals surface area contributed by atoms with E-state index < -0.39 is 42.9 Å². The van der Waals surface area contributed by atoms with Gasteiger partial charge in [0.25, 0.3) is 21.8 Å². The monoisotopic (exact) mass is 968 g/mol. The lowest BCUT2D eigenvalue weighted by Crippen LogP contribution is -2.63. The van der Waals surface area contributed by atoms with Crippen LogP contribution in [0.4, 0.5) is 21.6 Å². The number of aliphatic hydroxyl groups is 1. The number of anilines is 2. The average Bonchev–Trinajstić information content (AvgIpc) is 3.94. The Morgan fingerprint density at radius 3 is 2.54 bits per heavy atom. The number of likely N-dealkylation sites (tertiary alicyclic amines) is 1. The molecule has 1 saturated carbocycles. The number of hydrogen-bond donors (Lipinski definition) is 4. The number of ether oxygens (including phenoxy) is 2. The van der Waals surface area contributed by atoms with Crippen molar-refractivity contribution in [3.05, 3.63) is 99.6 Å². The molecule has 3 aromatic heterocycles. The Morgan fingerprint density at radius 2 is 1.83 bits per heavy atom. The lowest BCUT2D eigenvalue weighted by molar-refractivity contribution is -0.384. The van der Waals surface area contributed by atoms with E-state index in [-0.39, 0.29) is 51.3 Å². The van der Waals surface area contributed by atoms with Crippen LogP contribution in [0.25, 0.3) is 11.0 Å². The van der Waals surface area contributed by atoms with E-state index in [9.17, 15) is 32.8 Å². The fraction of sp³-hybridized carbons (Fsp3) is 0.510. The van der Waals surface area contributed by atoms with E-state index in [0.29, 0.717) is 50.1 Å². The zero-order valence-corrected chi connectivity index (χ0v) is 41.2. The van der Waals surface area contributed by atoms with Crippen LogP contribution >= 0.6 is 0 Å². The first-order valence-corrected chi connectivity index (χ1v) is 25.8. The predicted molar refractivity (Wildman–Crippen MR) is 263 cm³/mol. The van der Waals surface area contributed by atoms with Crippen LogP contribution in [0.1, 0.15) is 133 Å². The van der Waals surface area contributed by atoms with Crippen LogP contribution in [0.2, 0.25) is 0 Å². The molecule has 8 rings (SSSR count). The first-order chi connectivity index (χ1) is 32.9. The molecule has 1 aliphatic carbocycles. The summed E-state index contributed by atoms with van der Waals surface area (Å²) >= 11 is 0. The van der Waals surface area contributed by atoms with Crippen molar-refractivity contribution < 1.29 is 37.1 Å². The smallest absolute Gasteiger partial charge is 0.312 e. The highest BCUT2D eigenvalue weighted by atomic mass is 32.2. The topological polar surface area (TPSA) is 205 Å². The van der Waals surface area contributed by atoms with Crippen LogP contribution in [-0.4, -0.2) is 94.7 Å². The number of nitro groups is 1. The third-order valence-corrected chi connectivity index (χ3v) is 15.6. The van der Waals surface area contributed by atoms with Gasteiger partial charge in [0.1, 0.15) is 22.1 Å². The Morgan fingerprint density at radius 1 is 1.07 bits per heavy atom. The highest BCUT2D eigenvalue weighted by Crippen LogP contribution is 2.49. The molecular formula is C51H65FN8O8S. The average molecular weight is 969 g/mol. The minimum absolute atomic E-state index is 0.00389. The number of nitrogens with zero attached hydrogens (tertiary/aromatic N) is 5. The molecule has 69 heavy (non-hydrogen) atoms. The number of sulfonamides is 1. The largest absolute Gasteiger partial charge is 0.472 e. The van der Waals surface area contributed by atoms with Gasteiger partial charge in [-0.3, -0.25) is 19.8 Å². The van der Waals surface area contributed by atoms with E-state index in [1.807, 2.05) is 6.92 Å². The summed E-state index contributed by atoms with van der Waals surface area (Å²) in [6.45, 7) is 15.7. The highest BCUT2D eigenvalue weighted by molar-refractivity contribution is 7.90. The first kappa shape index (κ1) is 49.6. The molecule has 3 fully saturated rings. The van der Waals surface area contributed by atoms with Gasteiger partial charge in [-0.2, -0.15) is 4.98 Å². The number of rotatable bonds is 19. The number of hydrogen-bond acceptors (Lipinski definition) is 13. The summed E-state index contributed by atoms with van der Waals surface area (Å²) in [6, 6.07) is 16.6. The number of fused-ring (bicyclic) bond motifs is 1. The summed E-state index contributed by atoms with van der Waals surface area (Å²) in [5.41, 5.74) is 2.54. The van der Waals surface area contributed by atoms with Crippen molar-refractivity contribution >= 4 is 44.2 Å². The minimum atomic E-state index is -4.73. The Kier molecular flexibility index (Phi) is 14.5. The predicted octanol–water partition coefficient (Wildman–Crippen LogP) is 9.81. The molecule has 370 valence electrons. The minimum Gasteiger partial charge on any atom is -0.472 e. The van der Waals surface area contributed by atoms with Gasteiger partial charge in [-0.1, -0.05) is 51.5 Å². The number of carbonyl (C=O) groups excluding carboxylic acids is 1. The van der Waals surface area contributed by atoms with Gasteiger partial charge in [0.15, 0.2) is 5.75 Å². The van der Waals surface area contributed by atoms with Gasteiger partial charge in [-0.15, -0.1) is 0 Å². The van der Waals surface area contributed by atoms with Crippen molar-refractivity contribution in [3.8, 4) is 17.4 Å². The number of nitrogens with one attached hydrogen (secondary N) is 3. The maximum absolute atomic E-state index is 15.0. The third-order valence-electron chi connectivity index (χ3n) is 14.3. The number of halogens is 1. The molecule has 18 heteroatoms. The Hall–Kier alpha value is -5.85. The van der Waals surface area contributed by atoms with E-state index in [1.54, 1.807) is 32.9 Å². The van der Waals surface area contributed by atoms with Gasteiger partial charge in [-0.25, -0.2) is 22.5 Å². The first-order valence-electron chi connectivity index (χ1n) is 24.3. The zero-order valence-electron chi connectivity index (χ0n) is 40.4. The van der Waals surface area contributed by atoms with Crippen LogP contribution in [-0.2, 0) is 10.0 Å². The molecule has 2 saturated heterocycles. The van der Waals surface area contributed by atoms with E-state index in [1.165, 1.54) is 42.5 Å². The summed E-state index contributed by atoms with van der Waals surface area (Å²) in [5.74, 6) is -0.803. The molecule has 5 heterocycles. The quantitative estimate of drug-likeness (QED) is 0.0346. The summed E-state index contributed by atoms with van der Waals surface area (Å²) in [5, 5.41) is 25.4. The summed E-state index contributed by atoms with van der Waals surface area (Å²) < 4.78 is 57.0. The second kappa shape index (κ2) is 20.2. The number of aromatic nitrogens is 3. The van der Waals surface area contributed by atoms with Crippen LogP contribution in [0.3, 0.4) is 0 Å². The van der Waals surface area contributed by atoms with Gasteiger partial charge in [0.05, 0.1) is 33.8 Å². The number of H-pyrrole nitrogens is 1. The molecule has 16 nitrogen and oxygen atoms in total. The maximum Gasteiger partial charge on any atom is 0.312 e. The number of unbranched alkanes of at least 4 members (excludes halogenated alkanes) is 1. The molecule has 3 aliphatic rings. The molecule has 5 aromatic rings. The molecule has 1 spiro atoms. The van der Waals surface area contributed by atoms with Gasteiger partial charge < -0.3 is 29.8 Å². The van der Waals surface area contributed by atoms with Crippen molar-refractivity contribution in [2.75, 3.05) is 42.9 Å². The lowest BCUT2D eigenvalue weighted by Gasteiger charge is -2.57. The Labute approximate surface area is 403 Å². The number of benzene rings is 2. The van der Waals surface area contributed by atoms with E-state index in [0.717, 1.165) is 63.2 Å². The molecule has 1 amide bonds. The van der Waals surface area contributed by atoms with Crippen LogP contribution in [0.5, 0.6) is 17.4 Å². The fourth-order valence-electron chi connectivity index (χ4n) is 10.3. The molecule has 0 unspecified atom stereocenters. The summed E-state index contributed by atoms with van der Waals surface area (Å²) in [6.07, 6.45) is 9.70. The summed E-state index contributed by atoms with van der Waals surface area (Å²) in [4.78, 5) is 41.2. The number of pyridine rings is 2. The number of piperidine rings is 1. The number of carbonyl (C=O) groups is 1. The highest BCUT2D eigenvalue weighted by Gasteiger charge is 2.49. The van der Waals surface area contributed by atoms with Crippen molar-refractivity contribution in [2.45, 2.75) is 134 Å². The van der Waals surface area contributed by atoms with Gasteiger partial charge in [0.2, 0.25) is 5.82 Å². The number of amides is 1. The van der Waals surface area contributed by atoms with Gasteiger partial charge in [0, 0.05) is 68.8 Å². The zero-order chi connectivity index (χ0) is 49.3.